The number of halogens is 1. The van der Waals surface area contributed by atoms with Crippen LogP contribution < -0.4 is 0 Å². The molecule has 1 aromatic rings. The largest absolute Gasteiger partial charge is 0.376 e. The summed E-state index contributed by atoms with van der Waals surface area (Å²) in [5.41, 5.74) is 0.319. The number of hydrogen-bond donors (Lipinski definition) is 0. The van der Waals surface area contributed by atoms with Crippen LogP contribution in [-0.2, 0) is 4.74 Å². The van der Waals surface area contributed by atoms with Crippen LogP contribution in [0.15, 0.2) is 12.4 Å². The van der Waals surface area contributed by atoms with E-state index in [4.69, 9.17) is 16.3 Å². The predicted molar refractivity (Wildman–Crippen MR) is 67.6 cm³/mol. The molecule has 1 aromatic heterocycles. The molecule has 1 fully saturated rings. The van der Waals surface area contributed by atoms with Gasteiger partial charge in [-0.2, -0.15) is 0 Å². The van der Waals surface area contributed by atoms with Gasteiger partial charge in [0.05, 0.1) is 18.5 Å². The summed E-state index contributed by atoms with van der Waals surface area (Å²) in [6.07, 6.45) is 5.01. The van der Waals surface area contributed by atoms with E-state index in [9.17, 15) is 4.79 Å². The number of carbonyl (C=O) groups excluding carboxylic acids is 1. The Hall–Kier alpha value is -1.20. The average molecular weight is 270 g/mol. The molecule has 1 aliphatic heterocycles. The summed E-state index contributed by atoms with van der Waals surface area (Å²) in [4.78, 5) is 21.8. The first kappa shape index (κ1) is 13.2. The van der Waals surface area contributed by atoms with Crippen molar-refractivity contribution in [1.82, 2.24) is 14.9 Å². The molecule has 18 heavy (non-hydrogen) atoms. The molecule has 0 spiro atoms. The molecule has 0 radical (unpaired) electrons. The molecule has 2 rings (SSSR count). The lowest BCUT2D eigenvalue weighted by atomic mass is 10.2. The van der Waals surface area contributed by atoms with Gasteiger partial charge in [0, 0.05) is 19.7 Å². The van der Waals surface area contributed by atoms with Gasteiger partial charge in [0.15, 0.2) is 0 Å². The Bertz CT molecular complexity index is 404. The van der Waals surface area contributed by atoms with Gasteiger partial charge in [-0.1, -0.05) is 11.6 Å². The summed E-state index contributed by atoms with van der Waals surface area (Å²) in [6, 6.07) is 0. The summed E-state index contributed by atoms with van der Waals surface area (Å²) < 4.78 is 5.54. The second kappa shape index (κ2) is 6.11. The topological polar surface area (TPSA) is 55.3 Å². The minimum Gasteiger partial charge on any atom is -0.376 e. The van der Waals surface area contributed by atoms with E-state index in [1.807, 2.05) is 6.92 Å². The minimum absolute atomic E-state index is 0.128. The van der Waals surface area contributed by atoms with Crippen molar-refractivity contribution in [2.24, 2.45) is 0 Å². The van der Waals surface area contributed by atoms with Gasteiger partial charge in [0.1, 0.15) is 10.8 Å². The van der Waals surface area contributed by atoms with E-state index in [-0.39, 0.29) is 17.2 Å². The van der Waals surface area contributed by atoms with Crippen LogP contribution in [0.5, 0.6) is 0 Å². The normalized spacial score (nSPS) is 18.9. The zero-order chi connectivity index (χ0) is 13.0. The molecule has 6 heteroatoms. The van der Waals surface area contributed by atoms with Gasteiger partial charge in [-0.15, -0.1) is 0 Å². The molecule has 1 saturated heterocycles. The van der Waals surface area contributed by atoms with Crippen molar-refractivity contribution in [1.29, 1.82) is 0 Å². The number of rotatable bonds is 4. The van der Waals surface area contributed by atoms with Crippen LogP contribution in [0.1, 0.15) is 30.3 Å². The number of ether oxygens (including phenoxy) is 1. The molecular formula is C12H16ClN3O2. The third kappa shape index (κ3) is 3.17. The molecule has 0 N–H and O–H groups in total. The van der Waals surface area contributed by atoms with Crippen molar-refractivity contribution in [2.75, 3.05) is 19.7 Å². The van der Waals surface area contributed by atoms with E-state index < -0.39 is 0 Å². The van der Waals surface area contributed by atoms with Crippen molar-refractivity contribution in [3.05, 3.63) is 23.2 Å². The third-order valence-corrected chi connectivity index (χ3v) is 3.15. The van der Waals surface area contributed by atoms with Crippen LogP contribution in [0.3, 0.4) is 0 Å². The second-order valence-corrected chi connectivity index (χ2v) is 4.59. The number of aromatic nitrogens is 2. The maximum absolute atomic E-state index is 12.2. The van der Waals surface area contributed by atoms with E-state index in [1.165, 1.54) is 12.4 Å². The molecule has 1 amide bonds. The van der Waals surface area contributed by atoms with E-state index in [1.54, 1.807) is 4.90 Å². The lowest BCUT2D eigenvalue weighted by molar-refractivity contribution is 0.0534. The summed E-state index contributed by atoms with van der Waals surface area (Å²) in [6.45, 7) is 3.97. The molecule has 0 aromatic carbocycles. The molecule has 2 heterocycles. The van der Waals surface area contributed by atoms with E-state index >= 15 is 0 Å². The summed E-state index contributed by atoms with van der Waals surface area (Å²) in [5.74, 6) is -0.128. The van der Waals surface area contributed by atoms with Gasteiger partial charge in [-0.05, 0) is 19.8 Å². The number of likely N-dealkylation sites (N-methyl/N-ethyl adjacent to an activating group) is 1. The lowest BCUT2D eigenvalue weighted by Crippen LogP contribution is -2.37. The minimum atomic E-state index is -0.128. The Morgan fingerprint density at radius 2 is 2.39 bits per heavy atom. The van der Waals surface area contributed by atoms with Crippen molar-refractivity contribution in [2.45, 2.75) is 25.9 Å². The highest BCUT2D eigenvalue weighted by atomic mass is 35.5. The smallest absolute Gasteiger partial charge is 0.274 e. The molecule has 1 aliphatic rings. The van der Waals surface area contributed by atoms with Gasteiger partial charge in [-0.25, -0.2) is 9.97 Å². The van der Waals surface area contributed by atoms with Crippen molar-refractivity contribution in [3.8, 4) is 0 Å². The molecule has 0 saturated carbocycles. The van der Waals surface area contributed by atoms with Crippen LogP contribution in [0.2, 0.25) is 5.15 Å². The highest BCUT2D eigenvalue weighted by molar-refractivity contribution is 6.29. The fraction of sp³-hybridized carbons (Fsp3) is 0.583. The Morgan fingerprint density at radius 3 is 2.94 bits per heavy atom. The molecule has 0 bridgehead atoms. The molecule has 1 atom stereocenters. The van der Waals surface area contributed by atoms with Crippen LogP contribution in [0.4, 0.5) is 0 Å². The lowest BCUT2D eigenvalue weighted by Gasteiger charge is -2.23. The first-order chi connectivity index (χ1) is 8.70. The standard InChI is InChI=1S/C12H16ClN3O2/c1-2-16(8-9-4-3-5-18-9)12(17)10-6-15-11(13)7-14-10/h6-7,9H,2-5,8H2,1H3. The number of hydrogen-bond acceptors (Lipinski definition) is 4. The maximum Gasteiger partial charge on any atom is 0.274 e. The summed E-state index contributed by atoms with van der Waals surface area (Å²) in [5, 5.41) is 0.286. The molecule has 98 valence electrons. The number of carbonyl (C=O) groups is 1. The van der Waals surface area contributed by atoms with E-state index in [0.717, 1.165) is 19.4 Å². The van der Waals surface area contributed by atoms with E-state index in [0.29, 0.717) is 18.8 Å². The summed E-state index contributed by atoms with van der Waals surface area (Å²) in [7, 11) is 0. The van der Waals surface area contributed by atoms with Crippen molar-refractivity contribution < 1.29 is 9.53 Å². The van der Waals surface area contributed by atoms with Gasteiger partial charge in [-0.3, -0.25) is 4.79 Å². The van der Waals surface area contributed by atoms with Crippen LogP contribution in [-0.4, -0.2) is 46.6 Å². The Labute approximate surface area is 111 Å². The van der Waals surface area contributed by atoms with Gasteiger partial charge in [0.2, 0.25) is 0 Å². The Kier molecular flexibility index (Phi) is 4.49. The Balaban J connectivity index is 2.02. The molecule has 0 aliphatic carbocycles. The fourth-order valence-electron chi connectivity index (χ4n) is 1.97. The fourth-order valence-corrected chi connectivity index (χ4v) is 2.07. The molecule has 5 nitrogen and oxygen atoms in total. The van der Waals surface area contributed by atoms with Gasteiger partial charge in [0.25, 0.3) is 5.91 Å². The monoisotopic (exact) mass is 269 g/mol. The Morgan fingerprint density at radius 1 is 1.56 bits per heavy atom. The average Bonchev–Trinajstić information content (AvgIpc) is 2.89. The van der Waals surface area contributed by atoms with Crippen LogP contribution >= 0.6 is 11.6 Å². The quantitative estimate of drug-likeness (QED) is 0.836. The SMILES string of the molecule is CCN(CC1CCCO1)C(=O)c1cnc(Cl)cn1. The molecule has 1 unspecified atom stereocenters. The first-order valence-corrected chi connectivity index (χ1v) is 6.47. The zero-order valence-corrected chi connectivity index (χ0v) is 11.1. The number of nitrogens with zero attached hydrogens (tertiary/aromatic N) is 3. The van der Waals surface area contributed by atoms with E-state index in [2.05, 4.69) is 9.97 Å². The van der Waals surface area contributed by atoms with Crippen LogP contribution in [0, 0.1) is 0 Å². The molecular weight excluding hydrogens is 254 g/mol. The number of amides is 1. The third-order valence-electron chi connectivity index (χ3n) is 2.96. The maximum atomic E-state index is 12.2. The highest BCUT2D eigenvalue weighted by Gasteiger charge is 2.23. The van der Waals surface area contributed by atoms with Crippen LogP contribution in [0.25, 0.3) is 0 Å². The highest BCUT2D eigenvalue weighted by Crippen LogP contribution is 2.14. The second-order valence-electron chi connectivity index (χ2n) is 4.20. The predicted octanol–water partition coefficient (Wildman–Crippen LogP) is 1.77. The first-order valence-electron chi connectivity index (χ1n) is 6.09. The zero-order valence-electron chi connectivity index (χ0n) is 10.3. The summed E-state index contributed by atoms with van der Waals surface area (Å²) >= 11 is 5.65. The van der Waals surface area contributed by atoms with Crippen molar-refractivity contribution in [3.63, 3.8) is 0 Å². The van der Waals surface area contributed by atoms with Gasteiger partial charge < -0.3 is 9.64 Å². The van der Waals surface area contributed by atoms with Gasteiger partial charge >= 0.3 is 0 Å². The van der Waals surface area contributed by atoms with Crippen molar-refractivity contribution >= 4 is 17.5 Å².